The van der Waals surface area contributed by atoms with Crippen molar-refractivity contribution in [1.82, 2.24) is 5.32 Å². The molecule has 0 aliphatic heterocycles. The molecule has 0 saturated carbocycles. The average Bonchev–Trinajstić information content (AvgIpc) is 2.66. The lowest BCUT2D eigenvalue weighted by atomic mass is 10.1. The number of benzene rings is 2. The fourth-order valence-electron chi connectivity index (χ4n) is 2.72. The zero-order valence-corrected chi connectivity index (χ0v) is 17.9. The minimum atomic E-state index is -0.296. The maximum absolute atomic E-state index is 12.4. The Balaban J connectivity index is 1.78. The summed E-state index contributed by atoms with van der Waals surface area (Å²) in [5.74, 6) is 0.0798. The van der Waals surface area contributed by atoms with E-state index in [0.717, 1.165) is 23.4 Å². The molecular weight excluding hydrogens is 370 g/mol. The van der Waals surface area contributed by atoms with Gasteiger partial charge < -0.3 is 15.5 Å². The molecule has 150 valence electrons. The van der Waals surface area contributed by atoms with Crippen molar-refractivity contribution < 1.29 is 14.5 Å². The third kappa shape index (κ3) is 7.37. The van der Waals surface area contributed by atoms with Crippen LogP contribution in [0, 0.1) is 6.92 Å². The largest absolute Gasteiger partial charge is 0.351 e. The number of aryl methyl sites for hydroxylation is 1. The van der Waals surface area contributed by atoms with Crippen LogP contribution in [0.1, 0.15) is 23.6 Å². The number of hydrogen-bond donors (Lipinski definition) is 3. The highest BCUT2D eigenvalue weighted by atomic mass is 32.2. The maximum atomic E-state index is 12.4. The molecule has 0 fully saturated rings. The average molecular weight is 401 g/mol. The Morgan fingerprint density at radius 2 is 1.68 bits per heavy atom. The second-order valence-corrected chi connectivity index (χ2v) is 8.57. The maximum Gasteiger partial charge on any atom is 0.234 e. The lowest BCUT2D eigenvalue weighted by Crippen LogP contribution is -3.04. The van der Waals surface area contributed by atoms with Crippen molar-refractivity contribution in [2.24, 2.45) is 0 Å². The van der Waals surface area contributed by atoms with E-state index in [2.05, 4.69) is 30.8 Å². The Morgan fingerprint density at radius 1 is 1.04 bits per heavy atom. The van der Waals surface area contributed by atoms with Crippen LogP contribution in [-0.2, 0) is 22.7 Å². The number of anilines is 1. The Bertz CT molecular complexity index is 791. The first kappa shape index (κ1) is 22.0. The van der Waals surface area contributed by atoms with Gasteiger partial charge in [-0.1, -0.05) is 42.0 Å². The summed E-state index contributed by atoms with van der Waals surface area (Å²) in [5.41, 5.74) is 4.28. The van der Waals surface area contributed by atoms with Gasteiger partial charge in [0.05, 0.1) is 25.1 Å². The minimum absolute atomic E-state index is 0.0554. The first-order valence-corrected chi connectivity index (χ1v) is 10.5. The van der Waals surface area contributed by atoms with Crippen LogP contribution in [0.5, 0.6) is 0 Å². The molecule has 0 radical (unpaired) electrons. The second kappa shape index (κ2) is 10.9. The van der Waals surface area contributed by atoms with Crippen molar-refractivity contribution in [3.8, 4) is 0 Å². The van der Waals surface area contributed by atoms with Crippen molar-refractivity contribution in [3.05, 3.63) is 65.2 Å². The predicted octanol–water partition coefficient (Wildman–Crippen LogP) is 2.02. The Labute approximate surface area is 171 Å². The Morgan fingerprint density at radius 3 is 2.32 bits per heavy atom. The van der Waals surface area contributed by atoms with Gasteiger partial charge in [-0.25, -0.2) is 0 Å². The van der Waals surface area contributed by atoms with E-state index < -0.39 is 0 Å². The Kier molecular flexibility index (Phi) is 8.54. The molecule has 0 aliphatic carbocycles. The second-order valence-electron chi connectivity index (χ2n) is 7.24. The molecule has 0 bridgehead atoms. The molecule has 2 amide bonds. The number of thioether (sulfide) groups is 1. The van der Waals surface area contributed by atoms with Crippen LogP contribution in [0.3, 0.4) is 0 Å². The highest BCUT2D eigenvalue weighted by Crippen LogP contribution is 2.14. The van der Waals surface area contributed by atoms with Gasteiger partial charge in [0.25, 0.3) is 0 Å². The summed E-state index contributed by atoms with van der Waals surface area (Å²) in [5, 5.41) is 5.55. The van der Waals surface area contributed by atoms with E-state index in [0.29, 0.717) is 6.54 Å². The van der Waals surface area contributed by atoms with Gasteiger partial charge in [0, 0.05) is 17.8 Å². The van der Waals surface area contributed by atoms with Crippen molar-refractivity contribution in [1.29, 1.82) is 0 Å². The number of quaternary nitrogens is 1. The molecule has 3 N–H and O–H groups in total. The van der Waals surface area contributed by atoms with E-state index in [4.69, 9.17) is 0 Å². The fourth-order valence-corrected chi connectivity index (χ4v) is 3.43. The summed E-state index contributed by atoms with van der Waals surface area (Å²) in [7, 11) is 4.21. The lowest BCUT2D eigenvalue weighted by molar-refractivity contribution is -0.872. The molecule has 2 rings (SSSR count). The van der Waals surface area contributed by atoms with Crippen LogP contribution in [0.25, 0.3) is 0 Å². The van der Waals surface area contributed by atoms with E-state index >= 15 is 0 Å². The number of carbonyl (C=O) groups excluding carboxylic acids is 2. The minimum Gasteiger partial charge on any atom is -0.351 e. The van der Waals surface area contributed by atoms with Crippen molar-refractivity contribution in [3.63, 3.8) is 0 Å². The quantitative estimate of drug-likeness (QED) is 0.603. The fraction of sp³-hybridized carbons (Fsp3) is 0.364. The Hall–Kier alpha value is -2.31. The summed E-state index contributed by atoms with van der Waals surface area (Å²) >= 11 is 1.34. The SMILES string of the molecule is Cc1ccc(NC(=O)CS[C@H](C)C(=O)NCc2ccccc2C[NH+](C)C)cc1. The van der Waals surface area contributed by atoms with E-state index in [-0.39, 0.29) is 22.8 Å². The van der Waals surface area contributed by atoms with E-state index in [9.17, 15) is 9.59 Å². The van der Waals surface area contributed by atoms with Gasteiger partial charge in [0.1, 0.15) is 6.54 Å². The van der Waals surface area contributed by atoms with Crippen molar-refractivity contribution in [2.45, 2.75) is 32.2 Å². The van der Waals surface area contributed by atoms with Gasteiger partial charge in [-0.3, -0.25) is 9.59 Å². The zero-order valence-electron chi connectivity index (χ0n) is 17.0. The molecule has 0 aliphatic rings. The summed E-state index contributed by atoms with van der Waals surface area (Å²) in [6.07, 6.45) is 0. The van der Waals surface area contributed by atoms with Gasteiger partial charge in [-0.15, -0.1) is 11.8 Å². The summed E-state index contributed by atoms with van der Waals surface area (Å²) < 4.78 is 0. The molecular formula is C22H30N3O2S+. The van der Waals surface area contributed by atoms with E-state index in [1.54, 1.807) is 0 Å². The smallest absolute Gasteiger partial charge is 0.234 e. The van der Waals surface area contributed by atoms with Gasteiger partial charge in [-0.2, -0.15) is 0 Å². The first-order valence-electron chi connectivity index (χ1n) is 9.47. The van der Waals surface area contributed by atoms with Gasteiger partial charge >= 0.3 is 0 Å². The standard InChI is InChI=1S/C22H29N3O2S/c1-16-9-11-20(12-10-16)24-21(26)15-28-17(2)22(27)23-13-18-7-5-6-8-19(18)14-25(3)4/h5-12,17H,13-15H2,1-4H3,(H,23,27)(H,24,26)/p+1/t17-/m1/s1. The number of rotatable bonds is 9. The third-order valence-electron chi connectivity index (χ3n) is 4.28. The normalized spacial score (nSPS) is 11.9. The molecule has 0 unspecified atom stereocenters. The van der Waals surface area contributed by atoms with Crippen LogP contribution in [0.4, 0.5) is 5.69 Å². The number of amides is 2. The molecule has 5 nitrogen and oxygen atoms in total. The predicted molar refractivity (Wildman–Crippen MR) is 117 cm³/mol. The number of carbonyl (C=O) groups is 2. The van der Waals surface area contributed by atoms with Crippen LogP contribution < -0.4 is 15.5 Å². The molecule has 0 aromatic heterocycles. The molecule has 28 heavy (non-hydrogen) atoms. The molecule has 1 atom stereocenters. The third-order valence-corrected chi connectivity index (χ3v) is 5.43. The summed E-state index contributed by atoms with van der Waals surface area (Å²) in [4.78, 5) is 25.8. The molecule has 2 aromatic carbocycles. The van der Waals surface area contributed by atoms with Crippen LogP contribution in [0.15, 0.2) is 48.5 Å². The van der Waals surface area contributed by atoms with Gasteiger partial charge in [-0.05, 0) is 31.5 Å². The van der Waals surface area contributed by atoms with Crippen molar-refractivity contribution >= 4 is 29.3 Å². The molecule has 0 heterocycles. The van der Waals surface area contributed by atoms with E-state index in [1.165, 1.54) is 22.2 Å². The van der Waals surface area contributed by atoms with Crippen LogP contribution >= 0.6 is 11.8 Å². The highest BCUT2D eigenvalue weighted by Gasteiger charge is 2.16. The van der Waals surface area contributed by atoms with E-state index in [1.807, 2.05) is 56.3 Å². The first-order chi connectivity index (χ1) is 13.3. The number of nitrogens with one attached hydrogen (secondary N) is 3. The van der Waals surface area contributed by atoms with Gasteiger partial charge in [0.2, 0.25) is 11.8 Å². The van der Waals surface area contributed by atoms with Gasteiger partial charge in [0.15, 0.2) is 0 Å². The molecule has 0 saturated heterocycles. The van der Waals surface area contributed by atoms with Crippen molar-refractivity contribution in [2.75, 3.05) is 25.2 Å². The molecule has 2 aromatic rings. The molecule has 6 heteroatoms. The van der Waals surface area contributed by atoms with Crippen LogP contribution in [0.2, 0.25) is 0 Å². The topological polar surface area (TPSA) is 62.6 Å². The zero-order chi connectivity index (χ0) is 20.5. The summed E-state index contributed by atoms with van der Waals surface area (Å²) in [6, 6.07) is 15.8. The number of hydrogen-bond acceptors (Lipinski definition) is 3. The lowest BCUT2D eigenvalue weighted by Gasteiger charge is -2.15. The molecule has 0 spiro atoms. The monoisotopic (exact) mass is 400 g/mol. The summed E-state index contributed by atoms with van der Waals surface area (Å²) in [6.45, 7) is 5.25. The van der Waals surface area contributed by atoms with Crippen LogP contribution in [-0.4, -0.2) is 36.9 Å². The highest BCUT2D eigenvalue weighted by molar-refractivity contribution is 8.01.